The van der Waals surface area contributed by atoms with Gasteiger partial charge in [-0.05, 0) is 6.42 Å². The molecule has 0 amide bonds. The van der Waals surface area contributed by atoms with Gasteiger partial charge in [0.25, 0.3) is 0 Å². The second kappa shape index (κ2) is 3.43. The molecule has 1 aliphatic rings. The summed E-state index contributed by atoms with van der Waals surface area (Å²) in [5, 5.41) is 1.10. The van der Waals surface area contributed by atoms with E-state index >= 15 is 0 Å². The molecule has 1 saturated carbocycles. The maximum atomic E-state index is 5.83. The zero-order valence-electron chi connectivity index (χ0n) is 8.26. The van der Waals surface area contributed by atoms with Crippen LogP contribution in [0, 0.1) is 0 Å². The van der Waals surface area contributed by atoms with Crippen molar-refractivity contribution in [2.75, 3.05) is 0 Å². The zero-order chi connectivity index (χ0) is 10.3. The van der Waals surface area contributed by atoms with Crippen LogP contribution in [0.1, 0.15) is 17.2 Å². The number of hydrogen-bond donors (Lipinski definition) is 1. The molecule has 2 N–H and O–H groups in total. The molecule has 76 valence electrons. The summed E-state index contributed by atoms with van der Waals surface area (Å²) < 4.78 is 0. The number of benzene rings is 1. The van der Waals surface area contributed by atoms with Crippen LogP contribution in [0.25, 0.3) is 10.6 Å². The predicted molar refractivity (Wildman–Crippen MR) is 62.9 cm³/mol. The Hall–Kier alpha value is -1.19. The molecule has 1 aliphatic carbocycles. The fraction of sp³-hybridized carbons (Fsp3) is 0.250. The second-order valence-corrected chi connectivity index (χ2v) is 5.00. The maximum Gasteiger partial charge on any atom is 0.123 e. The molecular weight excluding hydrogens is 204 g/mol. The molecule has 0 bridgehead atoms. The summed E-state index contributed by atoms with van der Waals surface area (Å²) in [6.07, 6.45) is 3.10. The zero-order valence-corrected chi connectivity index (χ0v) is 9.08. The van der Waals surface area contributed by atoms with Gasteiger partial charge in [0.1, 0.15) is 5.01 Å². The molecule has 2 atom stereocenters. The van der Waals surface area contributed by atoms with Crippen LogP contribution in [0.5, 0.6) is 0 Å². The lowest BCUT2D eigenvalue weighted by Crippen LogP contribution is -1.99. The molecule has 1 aromatic carbocycles. The van der Waals surface area contributed by atoms with Crippen molar-refractivity contribution in [3.63, 3.8) is 0 Å². The number of hydrogen-bond acceptors (Lipinski definition) is 3. The molecule has 1 aromatic heterocycles. The monoisotopic (exact) mass is 216 g/mol. The molecule has 0 spiro atoms. The molecular formula is C12H12N2S. The maximum absolute atomic E-state index is 5.83. The number of aromatic nitrogens is 1. The minimum atomic E-state index is 0.370. The fourth-order valence-electron chi connectivity index (χ4n) is 1.71. The molecule has 2 unspecified atom stereocenters. The van der Waals surface area contributed by atoms with E-state index in [1.807, 2.05) is 24.4 Å². The molecule has 1 heterocycles. The van der Waals surface area contributed by atoms with Gasteiger partial charge in [0.05, 0.1) is 0 Å². The summed E-state index contributed by atoms with van der Waals surface area (Å²) >= 11 is 1.77. The van der Waals surface area contributed by atoms with Gasteiger partial charge in [0.15, 0.2) is 0 Å². The largest absolute Gasteiger partial charge is 0.327 e. The number of rotatable bonds is 2. The summed E-state index contributed by atoms with van der Waals surface area (Å²) in [7, 11) is 0. The third-order valence-corrected chi connectivity index (χ3v) is 3.93. The van der Waals surface area contributed by atoms with E-state index in [4.69, 9.17) is 5.73 Å². The van der Waals surface area contributed by atoms with Crippen LogP contribution in [0.4, 0.5) is 0 Å². The molecule has 1 fully saturated rings. The standard InChI is InChI=1S/C12H12N2S/c13-10-6-9(10)11-7-14-12(15-11)8-4-2-1-3-5-8/h1-5,7,9-10H,6,13H2. The Labute approximate surface area is 92.8 Å². The van der Waals surface area contributed by atoms with Crippen LogP contribution in [0.2, 0.25) is 0 Å². The van der Waals surface area contributed by atoms with E-state index < -0.39 is 0 Å². The van der Waals surface area contributed by atoms with E-state index in [1.165, 1.54) is 10.4 Å². The Bertz CT molecular complexity index is 463. The summed E-state index contributed by atoms with van der Waals surface area (Å²) in [6, 6.07) is 10.7. The highest BCUT2D eigenvalue weighted by Crippen LogP contribution is 2.42. The predicted octanol–water partition coefficient (Wildman–Crippen LogP) is 2.62. The van der Waals surface area contributed by atoms with E-state index in [-0.39, 0.29) is 0 Å². The first-order valence-corrected chi connectivity index (χ1v) is 5.93. The molecule has 2 aromatic rings. The quantitative estimate of drug-likeness (QED) is 0.838. The first kappa shape index (κ1) is 9.07. The SMILES string of the molecule is NC1CC1c1cnc(-c2ccccc2)s1. The van der Waals surface area contributed by atoms with Crippen LogP contribution in [0.3, 0.4) is 0 Å². The Morgan fingerprint density at radius 3 is 2.67 bits per heavy atom. The van der Waals surface area contributed by atoms with Crippen molar-refractivity contribution >= 4 is 11.3 Å². The highest BCUT2D eigenvalue weighted by Gasteiger charge is 2.36. The van der Waals surface area contributed by atoms with E-state index in [2.05, 4.69) is 17.1 Å². The number of thiazole rings is 1. The third kappa shape index (κ3) is 1.68. The Kier molecular flexibility index (Phi) is 2.08. The molecule has 0 aliphatic heterocycles. The van der Waals surface area contributed by atoms with Crippen molar-refractivity contribution in [1.29, 1.82) is 0 Å². The van der Waals surface area contributed by atoms with Crippen molar-refractivity contribution < 1.29 is 0 Å². The number of nitrogens with zero attached hydrogens (tertiary/aromatic N) is 1. The molecule has 3 heteroatoms. The topological polar surface area (TPSA) is 38.9 Å². The minimum Gasteiger partial charge on any atom is -0.327 e. The summed E-state index contributed by atoms with van der Waals surface area (Å²) in [4.78, 5) is 5.78. The Balaban J connectivity index is 1.91. The van der Waals surface area contributed by atoms with Gasteiger partial charge in [-0.2, -0.15) is 0 Å². The van der Waals surface area contributed by atoms with E-state index in [0.717, 1.165) is 11.4 Å². The second-order valence-electron chi connectivity index (χ2n) is 3.94. The fourth-order valence-corrected chi connectivity index (χ4v) is 2.82. The lowest BCUT2D eigenvalue weighted by molar-refractivity contribution is 1.00. The van der Waals surface area contributed by atoms with Gasteiger partial charge in [0.2, 0.25) is 0 Å². The molecule has 15 heavy (non-hydrogen) atoms. The van der Waals surface area contributed by atoms with Gasteiger partial charge in [-0.3, -0.25) is 0 Å². The summed E-state index contributed by atoms with van der Waals surface area (Å²) in [6.45, 7) is 0. The van der Waals surface area contributed by atoms with Crippen molar-refractivity contribution in [3.05, 3.63) is 41.4 Å². The summed E-state index contributed by atoms with van der Waals surface area (Å²) in [5.74, 6) is 0.569. The van der Waals surface area contributed by atoms with Gasteiger partial charge < -0.3 is 5.73 Å². The highest BCUT2D eigenvalue weighted by atomic mass is 32.1. The lowest BCUT2D eigenvalue weighted by atomic mass is 10.2. The Morgan fingerprint density at radius 1 is 1.27 bits per heavy atom. The van der Waals surface area contributed by atoms with Crippen LogP contribution in [-0.2, 0) is 0 Å². The van der Waals surface area contributed by atoms with Gasteiger partial charge in [-0.25, -0.2) is 4.98 Å². The van der Waals surface area contributed by atoms with Crippen LogP contribution in [-0.4, -0.2) is 11.0 Å². The average molecular weight is 216 g/mol. The molecule has 0 radical (unpaired) electrons. The van der Waals surface area contributed by atoms with Crippen molar-refractivity contribution in [2.24, 2.45) is 5.73 Å². The van der Waals surface area contributed by atoms with Crippen LogP contribution >= 0.6 is 11.3 Å². The van der Waals surface area contributed by atoms with Gasteiger partial charge in [-0.15, -0.1) is 11.3 Å². The Morgan fingerprint density at radius 2 is 2.00 bits per heavy atom. The summed E-state index contributed by atoms with van der Waals surface area (Å²) in [5.41, 5.74) is 7.02. The van der Waals surface area contributed by atoms with Crippen LogP contribution in [0.15, 0.2) is 36.5 Å². The van der Waals surface area contributed by atoms with Gasteiger partial charge in [0, 0.05) is 28.6 Å². The first-order valence-electron chi connectivity index (χ1n) is 5.11. The first-order chi connectivity index (χ1) is 7.34. The van der Waals surface area contributed by atoms with E-state index in [1.54, 1.807) is 11.3 Å². The molecule has 2 nitrogen and oxygen atoms in total. The van der Waals surface area contributed by atoms with Crippen LogP contribution < -0.4 is 5.73 Å². The van der Waals surface area contributed by atoms with Gasteiger partial charge >= 0.3 is 0 Å². The smallest absolute Gasteiger partial charge is 0.123 e. The third-order valence-electron chi connectivity index (χ3n) is 2.75. The van der Waals surface area contributed by atoms with Crippen molar-refractivity contribution in [1.82, 2.24) is 4.98 Å². The average Bonchev–Trinajstić information content (AvgIpc) is 2.83. The van der Waals surface area contributed by atoms with Crippen molar-refractivity contribution in [3.8, 4) is 10.6 Å². The normalized spacial score (nSPS) is 24.1. The number of nitrogens with two attached hydrogens (primary N) is 1. The minimum absolute atomic E-state index is 0.370. The van der Waals surface area contributed by atoms with Gasteiger partial charge in [-0.1, -0.05) is 30.3 Å². The lowest BCUT2D eigenvalue weighted by Gasteiger charge is -1.93. The van der Waals surface area contributed by atoms with Crippen molar-refractivity contribution in [2.45, 2.75) is 18.4 Å². The van der Waals surface area contributed by atoms with E-state index in [9.17, 15) is 0 Å². The molecule has 3 rings (SSSR count). The molecule has 0 saturated heterocycles. The van der Waals surface area contributed by atoms with E-state index in [0.29, 0.717) is 12.0 Å². The highest BCUT2D eigenvalue weighted by molar-refractivity contribution is 7.15.